The molecule has 0 atom stereocenters. The van der Waals surface area contributed by atoms with E-state index in [4.69, 9.17) is 9.47 Å². The van der Waals surface area contributed by atoms with Gasteiger partial charge in [0.15, 0.2) is 17.3 Å². The number of carbonyl (C=O) groups is 2. The molecule has 0 fully saturated rings. The second-order valence-corrected chi connectivity index (χ2v) is 7.47. The van der Waals surface area contributed by atoms with Crippen LogP contribution < -0.4 is 19.7 Å². The molecule has 0 spiro atoms. The van der Waals surface area contributed by atoms with Crippen molar-refractivity contribution >= 4 is 29.3 Å². The Balaban J connectivity index is 1.47. The van der Waals surface area contributed by atoms with Gasteiger partial charge in [0.05, 0.1) is 38.2 Å². The average molecular weight is 446 g/mol. The zero-order valence-electron chi connectivity index (χ0n) is 18.2. The minimum atomic E-state index is -0.359. The highest BCUT2D eigenvalue weighted by Crippen LogP contribution is 2.33. The topological polar surface area (TPSA) is 101 Å². The first-order valence-corrected chi connectivity index (χ1v) is 10.4. The number of carbonyl (C=O) groups excluding carboxylic acids is 2. The lowest BCUT2D eigenvalue weighted by molar-refractivity contribution is -0.114. The molecule has 3 heterocycles. The third-order valence-electron chi connectivity index (χ3n) is 5.51. The molecule has 1 aromatic heterocycles. The molecular formula is C23H22N6O4. The largest absolute Gasteiger partial charge is 0.493 e. The number of amides is 3. The summed E-state index contributed by atoms with van der Waals surface area (Å²) in [4.78, 5) is 33.8. The number of rotatable bonds is 6. The monoisotopic (exact) mass is 446 g/mol. The van der Waals surface area contributed by atoms with Crippen molar-refractivity contribution in [1.82, 2.24) is 14.7 Å². The second kappa shape index (κ2) is 8.30. The van der Waals surface area contributed by atoms with Crippen LogP contribution in [0.3, 0.4) is 0 Å². The van der Waals surface area contributed by atoms with Crippen molar-refractivity contribution in [3.05, 3.63) is 60.3 Å². The fourth-order valence-electron chi connectivity index (χ4n) is 4.02. The molecule has 0 unspecified atom stereocenters. The number of aromatic nitrogens is 2. The predicted molar refractivity (Wildman–Crippen MR) is 123 cm³/mol. The number of nitrogens with one attached hydrogen (secondary N) is 1. The van der Waals surface area contributed by atoms with E-state index in [9.17, 15) is 9.59 Å². The second-order valence-electron chi connectivity index (χ2n) is 7.47. The number of aliphatic imine (C=N–C) groups is 1. The minimum absolute atomic E-state index is 0.192. The lowest BCUT2D eigenvalue weighted by Crippen LogP contribution is -2.52. The van der Waals surface area contributed by atoms with E-state index in [1.165, 1.54) is 12.0 Å². The molecule has 2 aliphatic rings. The van der Waals surface area contributed by atoms with E-state index in [0.29, 0.717) is 41.9 Å². The van der Waals surface area contributed by atoms with Crippen LogP contribution in [0.1, 0.15) is 5.56 Å². The van der Waals surface area contributed by atoms with Crippen molar-refractivity contribution in [1.29, 1.82) is 0 Å². The summed E-state index contributed by atoms with van der Waals surface area (Å²) in [5.41, 5.74) is 2.03. The zero-order valence-corrected chi connectivity index (χ0v) is 18.2. The van der Waals surface area contributed by atoms with Crippen LogP contribution in [-0.2, 0) is 4.79 Å². The number of fused-ring (bicyclic) bond motifs is 3. The lowest BCUT2D eigenvalue weighted by Gasteiger charge is -2.33. The summed E-state index contributed by atoms with van der Waals surface area (Å²) in [6.07, 6.45) is 1.69. The first kappa shape index (κ1) is 20.6. The Kier molecular flexibility index (Phi) is 5.17. The molecule has 3 aromatic rings. The Hall–Kier alpha value is -4.34. The van der Waals surface area contributed by atoms with Crippen LogP contribution in [0, 0.1) is 0 Å². The zero-order chi connectivity index (χ0) is 22.9. The van der Waals surface area contributed by atoms with Crippen molar-refractivity contribution in [2.75, 3.05) is 44.1 Å². The van der Waals surface area contributed by atoms with Crippen LogP contribution in [0.2, 0.25) is 0 Å². The highest BCUT2D eigenvalue weighted by atomic mass is 16.5. The molecule has 2 aliphatic heterocycles. The minimum Gasteiger partial charge on any atom is -0.493 e. The highest BCUT2D eigenvalue weighted by Gasteiger charge is 2.41. The Morgan fingerprint density at radius 2 is 1.88 bits per heavy atom. The molecular weight excluding hydrogens is 424 g/mol. The van der Waals surface area contributed by atoms with Gasteiger partial charge in [-0.1, -0.05) is 18.2 Å². The van der Waals surface area contributed by atoms with Gasteiger partial charge < -0.3 is 14.8 Å². The molecule has 1 N–H and O–H groups in total. The van der Waals surface area contributed by atoms with Gasteiger partial charge in [-0.15, -0.1) is 0 Å². The maximum atomic E-state index is 13.3. The van der Waals surface area contributed by atoms with Crippen LogP contribution >= 0.6 is 0 Å². The molecule has 0 radical (unpaired) electrons. The van der Waals surface area contributed by atoms with Crippen LogP contribution in [0.5, 0.6) is 11.5 Å². The maximum Gasteiger partial charge on any atom is 0.331 e. The molecule has 33 heavy (non-hydrogen) atoms. The number of urea groups is 1. The van der Waals surface area contributed by atoms with E-state index in [1.54, 1.807) is 41.1 Å². The first-order chi connectivity index (χ1) is 16.1. The smallest absolute Gasteiger partial charge is 0.331 e. The lowest BCUT2D eigenvalue weighted by atomic mass is 10.2. The Morgan fingerprint density at radius 1 is 1.09 bits per heavy atom. The predicted octanol–water partition coefficient (Wildman–Crippen LogP) is 2.53. The third-order valence-corrected chi connectivity index (χ3v) is 5.51. The molecule has 10 nitrogen and oxygen atoms in total. The summed E-state index contributed by atoms with van der Waals surface area (Å²) < 4.78 is 12.2. The van der Waals surface area contributed by atoms with Crippen molar-refractivity contribution in [2.45, 2.75) is 0 Å². The standard InChI is InChI=1S/C23H22N6O4/c1-32-18-9-8-15(12-19(18)33-2)26-20(30)14-28-22-17(21-24-10-11-27(21)23(28)31)13-25-29(22)16-6-4-3-5-7-16/h3-9,12-13H,10-11,14H2,1-2H3,(H,26,30). The van der Waals surface area contributed by atoms with E-state index in [2.05, 4.69) is 15.4 Å². The van der Waals surface area contributed by atoms with Crippen molar-refractivity contribution in [3.8, 4) is 17.2 Å². The summed E-state index contributed by atoms with van der Waals surface area (Å²) in [5.74, 6) is 1.80. The molecule has 2 aromatic carbocycles. The SMILES string of the molecule is COc1ccc(NC(=O)CN2C(=O)N3CCN=C3c3cnn(-c4ccccc4)c32)cc1OC. The van der Waals surface area contributed by atoms with Gasteiger partial charge in [0, 0.05) is 18.3 Å². The summed E-state index contributed by atoms with van der Waals surface area (Å²) >= 11 is 0. The number of hydrogen-bond acceptors (Lipinski definition) is 6. The molecule has 10 heteroatoms. The number of para-hydroxylation sites is 1. The number of anilines is 2. The van der Waals surface area contributed by atoms with Crippen LogP contribution in [0.15, 0.2) is 59.7 Å². The van der Waals surface area contributed by atoms with Gasteiger partial charge in [0.2, 0.25) is 5.91 Å². The Morgan fingerprint density at radius 3 is 2.64 bits per heavy atom. The van der Waals surface area contributed by atoms with Crippen LogP contribution in [0.25, 0.3) is 5.69 Å². The van der Waals surface area contributed by atoms with Crippen LogP contribution in [0.4, 0.5) is 16.3 Å². The van der Waals surface area contributed by atoms with Crippen molar-refractivity contribution < 1.29 is 19.1 Å². The van der Waals surface area contributed by atoms with E-state index in [1.807, 2.05) is 30.3 Å². The summed E-state index contributed by atoms with van der Waals surface area (Å²) in [6, 6.07) is 14.2. The average Bonchev–Trinajstić information content (AvgIpc) is 3.50. The molecule has 0 saturated heterocycles. The van der Waals surface area contributed by atoms with Gasteiger partial charge in [0.25, 0.3) is 0 Å². The number of ether oxygens (including phenoxy) is 2. The van der Waals surface area contributed by atoms with E-state index in [-0.39, 0.29) is 18.5 Å². The molecule has 5 rings (SSSR count). The van der Waals surface area contributed by atoms with Gasteiger partial charge in [-0.25, -0.2) is 9.48 Å². The fourth-order valence-corrected chi connectivity index (χ4v) is 4.02. The van der Waals surface area contributed by atoms with Crippen molar-refractivity contribution in [3.63, 3.8) is 0 Å². The van der Waals surface area contributed by atoms with Gasteiger partial charge in [0.1, 0.15) is 12.4 Å². The fraction of sp³-hybridized carbons (Fsp3) is 0.217. The normalized spacial score (nSPS) is 14.5. The van der Waals surface area contributed by atoms with E-state index in [0.717, 1.165) is 11.3 Å². The van der Waals surface area contributed by atoms with Gasteiger partial charge in [-0.2, -0.15) is 5.10 Å². The van der Waals surface area contributed by atoms with Gasteiger partial charge in [-0.3, -0.25) is 19.6 Å². The van der Waals surface area contributed by atoms with Crippen LogP contribution in [-0.4, -0.2) is 66.3 Å². The van der Waals surface area contributed by atoms with Crippen molar-refractivity contribution in [2.24, 2.45) is 4.99 Å². The summed E-state index contributed by atoms with van der Waals surface area (Å²) in [7, 11) is 3.07. The Bertz CT molecular complexity index is 1250. The number of nitrogens with zero attached hydrogens (tertiary/aromatic N) is 5. The third kappa shape index (κ3) is 3.55. The highest BCUT2D eigenvalue weighted by molar-refractivity contribution is 6.20. The van der Waals surface area contributed by atoms with Gasteiger partial charge >= 0.3 is 6.03 Å². The summed E-state index contributed by atoms with van der Waals surface area (Å²) in [6.45, 7) is 0.795. The summed E-state index contributed by atoms with van der Waals surface area (Å²) in [5, 5.41) is 7.33. The van der Waals surface area contributed by atoms with E-state index >= 15 is 0 Å². The quantitative estimate of drug-likeness (QED) is 0.627. The number of methoxy groups -OCH3 is 2. The number of benzene rings is 2. The molecule has 0 saturated carbocycles. The Labute approximate surface area is 190 Å². The number of amidine groups is 1. The first-order valence-electron chi connectivity index (χ1n) is 10.4. The maximum absolute atomic E-state index is 13.3. The molecule has 0 bridgehead atoms. The molecule has 3 amide bonds. The number of hydrogen-bond donors (Lipinski definition) is 1. The van der Waals surface area contributed by atoms with Gasteiger partial charge in [-0.05, 0) is 24.3 Å². The van der Waals surface area contributed by atoms with E-state index < -0.39 is 0 Å². The molecule has 0 aliphatic carbocycles. The molecule has 168 valence electrons.